The zero-order valence-corrected chi connectivity index (χ0v) is 8.70. The quantitative estimate of drug-likeness (QED) is 0.676. The Balaban J connectivity index is 2.46. The maximum absolute atomic E-state index is 2.26. The molecule has 0 saturated heterocycles. The van der Waals surface area contributed by atoms with Crippen molar-refractivity contribution >= 4 is 0 Å². The van der Waals surface area contributed by atoms with Crippen molar-refractivity contribution in [2.24, 2.45) is 7.05 Å². The maximum atomic E-state index is 2.26. The standard InChI is InChI=1S/C13H15N/c1-3-11-9-13(14(2)10-11)12-7-5-4-6-8-12/h4-10H,3H2,1-2H3. The van der Waals surface area contributed by atoms with E-state index in [9.17, 15) is 0 Å². The Hall–Kier alpha value is -1.50. The number of hydrogen-bond acceptors (Lipinski definition) is 0. The van der Waals surface area contributed by atoms with Crippen molar-refractivity contribution in [2.75, 3.05) is 0 Å². The highest BCUT2D eigenvalue weighted by atomic mass is 14.9. The number of nitrogens with zero attached hydrogens (tertiary/aromatic N) is 1. The molecule has 0 fully saturated rings. The third-order valence-electron chi connectivity index (χ3n) is 2.54. The lowest BCUT2D eigenvalue weighted by Crippen LogP contribution is -1.88. The lowest BCUT2D eigenvalue weighted by atomic mass is 10.1. The van der Waals surface area contributed by atoms with Crippen molar-refractivity contribution in [2.45, 2.75) is 13.3 Å². The van der Waals surface area contributed by atoms with Gasteiger partial charge in [0.1, 0.15) is 0 Å². The van der Waals surface area contributed by atoms with Crippen LogP contribution in [0.2, 0.25) is 0 Å². The Bertz CT molecular complexity index is 412. The van der Waals surface area contributed by atoms with Crippen LogP contribution in [0.25, 0.3) is 11.3 Å². The number of hydrogen-bond donors (Lipinski definition) is 0. The predicted molar refractivity (Wildman–Crippen MR) is 60.2 cm³/mol. The molecule has 1 aromatic carbocycles. The molecular weight excluding hydrogens is 170 g/mol. The number of aryl methyl sites for hydroxylation is 2. The van der Waals surface area contributed by atoms with Gasteiger partial charge in [-0.15, -0.1) is 0 Å². The largest absolute Gasteiger partial charge is 0.350 e. The normalized spacial score (nSPS) is 10.4. The summed E-state index contributed by atoms with van der Waals surface area (Å²) in [5, 5.41) is 0. The molecule has 14 heavy (non-hydrogen) atoms. The van der Waals surface area contributed by atoms with Crippen LogP contribution in [0.4, 0.5) is 0 Å². The van der Waals surface area contributed by atoms with Gasteiger partial charge in [0.05, 0.1) is 0 Å². The van der Waals surface area contributed by atoms with Crippen molar-refractivity contribution in [3.8, 4) is 11.3 Å². The minimum atomic E-state index is 1.10. The third-order valence-corrected chi connectivity index (χ3v) is 2.54. The maximum Gasteiger partial charge on any atom is 0.0480 e. The molecule has 0 amide bonds. The van der Waals surface area contributed by atoms with E-state index in [4.69, 9.17) is 0 Å². The van der Waals surface area contributed by atoms with Gasteiger partial charge in [-0.2, -0.15) is 0 Å². The van der Waals surface area contributed by atoms with Gasteiger partial charge >= 0.3 is 0 Å². The zero-order valence-electron chi connectivity index (χ0n) is 8.70. The molecule has 0 atom stereocenters. The molecule has 1 aromatic heterocycles. The Morgan fingerprint density at radius 3 is 2.43 bits per heavy atom. The van der Waals surface area contributed by atoms with Gasteiger partial charge in [0.2, 0.25) is 0 Å². The first-order chi connectivity index (χ1) is 6.81. The zero-order chi connectivity index (χ0) is 9.97. The average molecular weight is 185 g/mol. The first-order valence-corrected chi connectivity index (χ1v) is 5.02. The molecular formula is C13H15N. The highest BCUT2D eigenvalue weighted by molar-refractivity contribution is 5.60. The average Bonchev–Trinajstić information content (AvgIpc) is 2.61. The summed E-state index contributed by atoms with van der Waals surface area (Å²) in [4.78, 5) is 0. The van der Waals surface area contributed by atoms with E-state index in [0.29, 0.717) is 0 Å². The van der Waals surface area contributed by atoms with Crippen LogP contribution in [-0.2, 0) is 13.5 Å². The van der Waals surface area contributed by atoms with Gasteiger partial charge < -0.3 is 4.57 Å². The van der Waals surface area contributed by atoms with E-state index in [-0.39, 0.29) is 0 Å². The van der Waals surface area contributed by atoms with Crippen molar-refractivity contribution in [3.63, 3.8) is 0 Å². The van der Waals surface area contributed by atoms with E-state index < -0.39 is 0 Å². The monoisotopic (exact) mass is 185 g/mol. The van der Waals surface area contributed by atoms with Crippen molar-refractivity contribution in [3.05, 3.63) is 48.2 Å². The summed E-state index contributed by atoms with van der Waals surface area (Å²) in [5.74, 6) is 0. The van der Waals surface area contributed by atoms with Gasteiger partial charge in [0.15, 0.2) is 0 Å². The second-order valence-electron chi connectivity index (χ2n) is 3.56. The van der Waals surface area contributed by atoms with E-state index in [0.717, 1.165) is 6.42 Å². The minimum Gasteiger partial charge on any atom is -0.350 e. The van der Waals surface area contributed by atoms with Gasteiger partial charge in [0.25, 0.3) is 0 Å². The van der Waals surface area contributed by atoms with Crippen LogP contribution in [0, 0.1) is 0 Å². The fraction of sp³-hybridized carbons (Fsp3) is 0.231. The SMILES string of the molecule is CCc1cc(-c2ccccc2)n(C)c1. The number of benzene rings is 1. The summed E-state index contributed by atoms with van der Waals surface area (Å²) < 4.78 is 2.19. The van der Waals surface area contributed by atoms with E-state index in [1.807, 2.05) is 6.07 Å². The molecule has 2 rings (SSSR count). The van der Waals surface area contributed by atoms with Crippen LogP contribution in [-0.4, -0.2) is 4.57 Å². The van der Waals surface area contributed by atoms with Gasteiger partial charge in [-0.25, -0.2) is 0 Å². The summed E-state index contributed by atoms with van der Waals surface area (Å²) in [7, 11) is 2.10. The molecule has 0 radical (unpaired) electrons. The highest BCUT2D eigenvalue weighted by Gasteiger charge is 2.03. The van der Waals surface area contributed by atoms with Gasteiger partial charge in [-0.1, -0.05) is 37.3 Å². The molecule has 72 valence electrons. The summed E-state index contributed by atoms with van der Waals surface area (Å²) in [6.07, 6.45) is 3.29. The van der Waals surface area contributed by atoms with Gasteiger partial charge in [0, 0.05) is 18.9 Å². The molecule has 0 aliphatic rings. The molecule has 0 aliphatic heterocycles. The van der Waals surface area contributed by atoms with Crippen LogP contribution < -0.4 is 0 Å². The lowest BCUT2D eigenvalue weighted by Gasteiger charge is -2.01. The summed E-state index contributed by atoms with van der Waals surface area (Å²) in [6.45, 7) is 2.18. The first kappa shape index (κ1) is 9.07. The molecule has 1 nitrogen and oxygen atoms in total. The molecule has 0 spiro atoms. The molecule has 0 unspecified atom stereocenters. The van der Waals surface area contributed by atoms with E-state index in [1.54, 1.807) is 0 Å². The second kappa shape index (κ2) is 3.70. The molecule has 0 N–H and O–H groups in total. The molecule has 2 aromatic rings. The molecule has 0 aliphatic carbocycles. The fourth-order valence-corrected chi connectivity index (χ4v) is 1.72. The van der Waals surface area contributed by atoms with Crippen LogP contribution in [0.15, 0.2) is 42.6 Å². The molecule has 1 heterocycles. The molecule has 0 bridgehead atoms. The Morgan fingerprint density at radius 2 is 1.86 bits per heavy atom. The van der Waals surface area contributed by atoms with E-state index in [2.05, 4.69) is 55.1 Å². The van der Waals surface area contributed by atoms with E-state index in [1.165, 1.54) is 16.8 Å². The highest BCUT2D eigenvalue weighted by Crippen LogP contribution is 2.21. The van der Waals surface area contributed by atoms with E-state index >= 15 is 0 Å². The van der Waals surface area contributed by atoms with Crippen LogP contribution in [0.5, 0.6) is 0 Å². The Kier molecular flexibility index (Phi) is 2.40. The van der Waals surface area contributed by atoms with Crippen molar-refractivity contribution < 1.29 is 0 Å². The van der Waals surface area contributed by atoms with Crippen molar-refractivity contribution in [1.29, 1.82) is 0 Å². The fourth-order valence-electron chi connectivity index (χ4n) is 1.72. The molecule has 1 heteroatoms. The van der Waals surface area contributed by atoms with Gasteiger partial charge in [-0.3, -0.25) is 0 Å². The summed E-state index contributed by atoms with van der Waals surface area (Å²) >= 11 is 0. The van der Waals surface area contributed by atoms with Gasteiger partial charge in [-0.05, 0) is 23.6 Å². The summed E-state index contributed by atoms with van der Waals surface area (Å²) in [6, 6.07) is 12.8. The second-order valence-corrected chi connectivity index (χ2v) is 3.56. The van der Waals surface area contributed by atoms with Crippen LogP contribution in [0.3, 0.4) is 0 Å². The Morgan fingerprint density at radius 1 is 1.14 bits per heavy atom. The molecule has 0 saturated carbocycles. The third kappa shape index (κ3) is 1.58. The first-order valence-electron chi connectivity index (χ1n) is 5.02. The smallest absolute Gasteiger partial charge is 0.0480 e. The van der Waals surface area contributed by atoms with Crippen molar-refractivity contribution in [1.82, 2.24) is 4.57 Å². The lowest BCUT2D eigenvalue weighted by molar-refractivity contribution is 0.927. The van der Waals surface area contributed by atoms with Crippen LogP contribution >= 0.6 is 0 Å². The Labute approximate surface area is 85.0 Å². The minimum absolute atomic E-state index is 1.10. The number of rotatable bonds is 2. The van der Waals surface area contributed by atoms with Crippen LogP contribution in [0.1, 0.15) is 12.5 Å². The topological polar surface area (TPSA) is 4.93 Å². The predicted octanol–water partition coefficient (Wildman–Crippen LogP) is 3.25. The number of aromatic nitrogens is 1. The summed E-state index contributed by atoms with van der Waals surface area (Å²) in [5.41, 5.74) is 3.98.